The van der Waals surface area contributed by atoms with Gasteiger partial charge in [-0.3, -0.25) is 4.79 Å². The van der Waals surface area contributed by atoms with Crippen LogP contribution in [0.1, 0.15) is 23.7 Å². The Morgan fingerprint density at radius 3 is 3.12 bits per heavy atom. The number of hydrogen-bond donors (Lipinski definition) is 1. The lowest BCUT2D eigenvalue weighted by atomic mass is 9.95. The molecule has 1 aromatic rings. The van der Waals surface area contributed by atoms with E-state index in [9.17, 15) is 4.79 Å². The number of hydrogen-bond acceptors (Lipinski definition) is 3. The Balaban J connectivity index is 2.31. The van der Waals surface area contributed by atoms with Gasteiger partial charge >= 0.3 is 5.97 Å². The molecule has 0 aromatic heterocycles. The third kappa shape index (κ3) is 2.17. The standard InChI is InChI=1S/C12H14O4/c1-15-9-3-2-8-4-5-16-11(7-12(13)14)10(8)6-9/h2-3,6,11H,4-5,7H2,1H3,(H,13,14). The monoisotopic (exact) mass is 222 g/mol. The first-order valence-corrected chi connectivity index (χ1v) is 5.21. The lowest BCUT2D eigenvalue weighted by molar-refractivity contribution is -0.140. The van der Waals surface area contributed by atoms with Gasteiger partial charge in [-0.1, -0.05) is 6.07 Å². The normalized spacial score (nSPS) is 18.9. The van der Waals surface area contributed by atoms with Crippen LogP contribution < -0.4 is 4.74 Å². The van der Waals surface area contributed by atoms with Gasteiger partial charge < -0.3 is 14.6 Å². The molecule has 0 amide bonds. The van der Waals surface area contributed by atoms with Gasteiger partial charge in [-0.25, -0.2) is 0 Å². The van der Waals surface area contributed by atoms with Crippen molar-refractivity contribution in [1.29, 1.82) is 0 Å². The second-order valence-corrected chi connectivity index (χ2v) is 3.77. The summed E-state index contributed by atoms with van der Waals surface area (Å²) in [5, 5.41) is 8.81. The first-order valence-electron chi connectivity index (χ1n) is 5.21. The van der Waals surface area contributed by atoms with Crippen molar-refractivity contribution in [3.63, 3.8) is 0 Å². The van der Waals surface area contributed by atoms with Crippen LogP contribution in [0.15, 0.2) is 18.2 Å². The minimum Gasteiger partial charge on any atom is -0.497 e. The minimum absolute atomic E-state index is 0.000166. The molecule has 1 aromatic carbocycles. The van der Waals surface area contributed by atoms with E-state index in [1.165, 1.54) is 0 Å². The first kappa shape index (κ1) is 11.0. The summed E-state index contributed by atoms with van der Waals surface area (Å²) < 4.78 is 10.6. The van der Waals surface area contributed by atoms with Crippen molar-refractivity contribution in [3.8, 4) is 5.75 Å². The summed E-state index contributed by atoms with van der Waals surface area (Å²) in [5.41, 5.74) is 2.09. The van der Waals surface area contributed by atoms with E-state index < -0.39 is 5.97 Å². The highest BCUT2D eigenvalue weighted by molar-refractivity contribution is 5.68. The highest BCUT2D eigenvalue weighted by atomic mass is 16.5. The number of ether oxygens (including phenoxy) is 2. The van der Waals surface area contributed by atoms with Crippen LogP contribution in [0, 0.1) is 0 Å². The van der Waals surface area contributed by atoms with Gasteiger partial charge in [-0.15, -0.1) is 0 Å². The molecular weight excluding hydrogens is 208 g/mol. The summed E-state index contributed by atoms with van der Waals surface area (Å²) in [7, 11) is 1.59. The van der Waals surface area contributed by atoms with Gasteiger partial charge in [0.25, 0.3) is 0 Å². The first-order chi connectivity index (χ1) is 7.70. The van der Waals surface area contributed by atoms with Crippen LogP contribution in [0.25, 0.3) is 0 Å². The van der Waals surface area contributed by atoms with E-state index in [1.807, 2.05) is 18.2 Å². The van der Waals surface area contributed by atoms with Crippen molar-refractivity contribution < 1.29 is 19.4 Å². The fourth-order valence-corrected chi connectivity index (χ4v) is 1.96. The highest BCUT2D eigenvalue weighted by Gasteiger charge is 2.23. The molecule has 1 atom stereocenters. The molecule has 0 fully saturated rings. The summed E-state index contributed by atoms with van der Waals surface area (Å²) in [6, 6.07) is 5.73. The van der Waals surface area contributed by atoms with Gasteiger partial charge in [-0.05, 0) is 29.7 Å². The quantitative estimate of drug-likeness (QED) is 0.847. The zero-order chi connectivity index (χ0) is 11.5. The van der Waals surface area contributed by atoms with Crippen molar-refractivity contribution >= 4 is 5.97 Å². The molecule has 86 valence electrons. The average molecular weight is 222 g/mol. The number of methoxy groups -OCH3 is 1. The Labute approximate surface area is 93.8 Å². The summed E-state index contributed by atoms with van der Waals surface area (Å²) in [6.45, 7) is 0.581. The van der Waals surface area contributed by atoms with Gasteiger partial charge in [-0.2, -0.15) is 0 Å². The molecule has 0 saturated heterocycles. The third-order valence-electron chi connectivity index (χ3n) is 2.75. The molecule has 1 unspecified atom stereocenters. The smallest absolute Gasteiger partial charge is 0.306 e. The molecule has 0 aliphatic carbocycles. The Morgan fingerprint density at radius 2 is 2.44 bits per heavy atom. The average Bonchev–Trinajstić information content (AvgIpc) is 2.28. The van der Waals surface area contributed by atoms with E-state index in [0.29, 0.717) is 6.61 Å². The summed E-state index contributed by atoms with van der Waals surface area (Å²) in [6.07, 6.45) is 0.478. The molecule has 1 N–H and O–H groups in total. The molecule has 1 aliphatic rings. The predicted molar refractivity (Wildman–Crippen MR) is 57.6 cm³/mol. The van der Waals surface area contributed by atoms with E-state index in [-0.39, 0.29) is 12.5 Å². The number of rotatable bonds is 3. The Kier molecular flexibility index (Phi) is 3.10. The molecule has 0 radical (unpaired) electrons. The maximum Gasteiger partial charge on any atom is 0.306 e. The maximum absolute atomic E-state index is 10.7. The van der Waals surface area contributed by atoms with Crippen molar-refractivity contribution in [2.45, 2.75) is 18.9 Å². The molecule has 1 heterocycles. The van der Waals surface area contributed by atoms with Crippen LogP contribution in [-0.4, -0.2) is 24.8 Å². The zero-order valence-corrected chi connectivity index (χ0v) is 9.10. The number of aliphatic carboxylic acids is 1. The zero-order valence-electron chi connectivity index (χ0n) is 9.10. The summed E-state index contributed by atoms with van der Waals surface area (Å²) in [4.78, 5) is 10.7. The van der Waals surface area contributed by atoms with Crippen LogP contribution in [0.5, 0.6) is 5.75 Å². The Bertz CT molecular complexity index is 400. The van der Waals surface area contributed by atoms with E-state index in [0.717, 1.165) is 23.3 Å². The van der Waals surface area contributed by atoms with E-state index in [2.05, 4.69) is 0 Å². The third-order valence-corrected chi connectivity index (χ3v) is 2.75. The van der Waals surface area contributed by atoms with Gasteiger partial charge in [0.2, 0.25) is 0 Å². The van der Waals surface area contributed by atoms with Crippen molar-refractivity contribution in [3.05, 3.63) is 29.3 Å². The van der Waals surface area contributed by atoms with Crippen molar-refractivity contribution in [2.75, 3.05) is 13.7 Å². The van der Waals surface area contributed by atoms with Crippen LogP contribution >= 0.6 is 0 Å². The van der Waals surface area contributed by atoms with Gasteiger partial charge in [0.05, 0.1) is 26.2 Å². The lowest BCUT2D eigenvalue weighted by Crippen LogP contribution is -2.19. The van der Waals surface area contributed by atoms with Crippen LogP contribution in [0.2, 0.25) is 0 Å². The molecular formula is C12H14O4. The Hall–Kier alpha value is -1.55. The van der Waals surface area contributed by atoms with E-state index >= 15 is 0 Å². The van der Waals surface area contributed by atoms with Gasteiger partial charge in [0, 0.05) is 0 Å². The maximum atomic E-state index is 10.7. The molecule has 1 aliphatic heterocycles. The lowest BCUT2D eigenvalue weighted by Gasteiger charge is -2.25. The topological polar surface area (TPSA) is 55.8 Å². The molecule has 2 rings (SSSR count). The van der Waals surface area contributed by atoms with E-state index in [1.54, 1.807) is 7.11 Å². The molecule has 16 heavy (non-hydrogen) atoms. The van der Waals surface area contributed by atoms with Crippen molar-refractivity contribution in [1.82, 2.24) is 0 Å². The van der Waals surface area contributed by atoms with Crippen LogP contribution in [-0.2, 0) is 16.0 Å². The molecule has 0 saturated carbocycles. The summed E-state index contributed by atoms with van der Waals surface area (Å²) >= 11 is 0. The molecule has 4 nitrogen and oxygen atoms in total. The SMILES string of the molecule is COc1ccc2c(c1)C(CC(=O)O)OCC2. The number of fused-ring (bicyclic) bond motifs is 1. The fourth-order valence-electron chi connectivity index (χ4n) is 1.96. The second kappa shape index (κ2) is 4.53. The number of carboxylic acid groups (broad SMARTS) is 1. The molecule has 4 heteroatoms. The molecule has 0 bridgehead atoms. The van der Waals surface area contributed by atoms with Crippen molar-refractivity contribution in [2.24, 2.45) is 0 Å². The fraction of sp³-hybridized carbons (Fsp3) is 0.417. The number of benzene rings is 1. The minimum atomic E-state index is -0.847. The predicted octanol–water partition coefficient (Wildman–Crippen LogP) is 1.78. The highest BCUT2D eigenvalue weighted by Crippen LogP contribution is 2.32. The van der Waals surface area contributed by atoms with Gasteiger partial charge in [0.15, 0.2) is 0 Å². The van der Waals surface area contributed by atoms with Gasteiger partial charge in [0.1, 0.15) is 5.75 Å². The van der Waals surface area contributed by atoms with Crippen LogP contribution in [0.3, 0.4) is 0 Å². The van der Waals surface area contributed by atoms with Crippen LogP contribution in [0.4, 0.5) is 0 Å². The largest absolute Gasteiger partial charge is 0.497 e. The number of carboxylic acids is 1. The van der Waals surface area contributed by atoms with E-state index in [4.69, 9.17) is 14.6 Å². The summed E-state index contributed by atoms with van der Waals surface area (Å²) in [5.74, 6) is -0.111. The number of carbonyl (C=O) groups is 1. The molecule has 0 spiro atoms. The second-order valence-electron chi connectivity index (χ2n) is 3.77. The Morgan fingerprint density at radius 1 is 1.62 bits per heavy atom.